The van der Waals surface area contributed by atoms with E-state index in [1.807, 2.05) is 12.1 Å². The molecule has 0 radical (unpaired) electrons. The number of halogens is 1. The first-order chi connectivity index (χ1) is 7.31. The summed E-state index contributed by atoms with van der Waals surface area (Å²) in [5, 5.41) is 2.06. The zero-order valence-electron chi connectivity index (χ0n) is 7.94. The Kier molecular flexibility index (Phi) is 3.58. The number of nitrogens with two attached hydrogens (primary N) is 1. The molecule has 0 amide bonds. The highest BCUT2D eigenvalue weighted by molar-refractivity contribution is 9.10. The SMILES string of the molecule is NNC(Cc1cccs1)c1ccoc1Br. The number of thiophene rings is 1. The Labute approximate surface area is 100 Å². The van der Waals surface area contributed by atoms with Gasteiger partial charge in [-0.2, -0.15) is 0 Å². The summed E-state index contributed by atoms with van der Waals surface area (Å²) >= 11 is 5.08. The molecule has 1 unspecified atom stereocenters. The fraction of sp³-hybridized carbons (Fsp3) is 0.200. The van der Waals surface area contributed by atoms with E-state index in [1.54, 1.807) is 17.6 Å². The summed E-state index contributed by atoms with van der Waals surface area (Å²) in [6.45, 7) is 0. The molecule has 0 saturated heterocycles. The van der Waals surface area contributed by atoms with Gasteiger partial charge in [0.05, 0.1) is 12.3 Å². The number of hydrogen-bond donors (Lipinski definition) is 2. The van der Waals surface area contributed by atoms with Gasteiger partial charge in [0.15, 0.2) is 4.67 Å². The molecule has 2 heterocycles. The quantitative estimate of drug-likeness (QED) is 0.671. The van der Waals surface area contributed by atoms with Crippen LogP contribution in [0.25, 0.3) is 0 Å². The van der Waals surface area contributed by atoms with E-state index >= 15 is 0 Å². The van der Waals surface area contributed by atoms with Crippen LogP contribution in [0.15, 0.2) is 38.9 Å². The molecule has 2 aromatic heterocycles. The van der Waals surface area contributed by atoms with Crippen LogP contribution in [0.2, 0.25) is 0 Å². The maximum Gasteiger partial charge on any atom is 0.173 e. The van der Waals surface area contributed by atoms with Gasteiger partial charge in [-0.3, -0.25) is 11.3 Å². The van der Waals surface area contributed by atoms with Gasteiger partial charge in [-0.1, -0.05) is 6.07 Å². The van der Waals surface area contributed by atoms with Gasteiger partial charge in [-0.15, -0.1) is 11.3 Å². The van der Waals surface area contributed by atoms with Crippen molar-refractivity contribution in [1.82, 2.24) is 5.43 Å². The maximum absolute atomic E-state index is 5.54. The molecule has 0 fully saturated rings. The summed E-state index contributed by atoms with van der Waals surface area (Å²) in [5.74, 6) is 5.54. The smallest absolute Gasteiger partial charge is 0.173 e. The third-order valence-corrected chi connectivity index (χ3v) is 3.75. The van der Waals surface area contributed by atoms with E-state index in [9.17, 15) is 0 Å². The summed E-state index contributed by atoms with van der Waals surface area (Å²) in [6.07, 6.45) is 2.52. The summed E-state index contributed by atoms with van der Waals surface area (Å²) < 4.78 is 5.93. The highest BCUT2D eigenvalue weighted by Gasteiger charge is 2.16. The van der Waals surface area contributed by atoms with Crippen molar-refractivity contribution in [3.63, 3.8) is 0 Å². The third kappa shape index (κ3) is 2.49. The first-order valence-corrected chi connectivity index (χ1v) is 6.20. The zero-order valence-corrected chi connectivity index (χ0v) is 10.3. The minimum Gasteiger partial charge on any atom is -0.457 e. The van der Waals surface area contributed by atoms with Crippen LogP contribution in [-0.4, -0.2) is 0 Å². The van der Waals surface area contributed by atoms with Gasteiger partial charge >= 0.3 is 0 Å². The van der Waals surface area contributed by atoms with Crippen LogP contribution in [-0.2, 0) is 6.42 Å². The highest BCUT2D eigenvalue weighted by Crippen LogP contribution is 2.27. The minimum atomic E-state index is 0.0803. The Bertz CT molecular complexity index is 413. The van der Waals surface area contributed by atoms with Crippen molar-refractivity contribution in [2.45, 2.75) is 12.5 Å². The number of nitrogens with one attached hydrogen (secondary N) is 1. The van der Waals surface area contributed by atoms with Crippen LogP contribution in [0.4, 0.5) is 0 Å². The number of hydrazine groups is 1. The monoisotopic (exact) mass is 286 g/mol. The molecule has 5 heteroatoms. The molecule has 2 aromatic rings. The van der Waals surface area contributed by atoms with E-state index in [0.717, 1.165) is 16.7 Å². The lowest BCUT2D eigenvalue weighted by molar-refractivity contribution is 0.508. The van der Waals surface area contributed by atoms with Crippen molar-refractivity contribution in [3.8, 4) is 0 Å². The second-order valence-electron chi connectivity index (χ2n) is 3.15. The predicted molar refractivity (Wildman–Crippen MR) is 64.5 cm³/mol. The van der Waals surface area contributed by atoms with Crippen LogP contribution in [0, 0.1) is 0 Å². The number of rotatable bonds is 4. The topological polar surface area (TPSA) is 51.2 Å². The normalized spacial score (nSPS) is 12.9. The molecule has 3 nitrogen and oxygen atoms in total. The predicted octanol–water partition coefficient (Wildman–Crippen LogP) is 2.85. The van der Waals surface area contributed by atoms with Gasteiger partial charge in [-0.25, -0.2) is 0 Å². The van der Waals surface area contributed by atoms with Crippen LogP contribution in [0.1, 0.15) is 16.5 Å². The molecule has 0 bridgehead atoms. The summed E-state index contributed by atoms with van der Waals surface area (Å²) in [4.78, 5) is 1.30. The molecule has 2 rings (SSSR count). The van der Waals surface area contributed by atoms with Crippen molar-refractivity contribution in [2.75, 3.05) is 0 Å². The molecule has 0 spiro atoms. The van der Waals surface area contributed by atoms with E-state index in [-0.39, 0.29) is 6.04 Å². The first kappa shape index (κ1) is 10.9. The molecule has 3 N–H and O–H groups in total. The van der Waals surface area contributed by atoms with Crippen molar-refractivity contribution in [3.05, 3.63) is 45.0 Å². The van der Waals surface area contributed by atoms with Gasteiger partial charge in [0.1, 0.15) is 0 Å². The van der Waals surface area contributed by atoms with E-state index in [0.29, 0.717) is 0 Å². The van der Waals surface area contributed by atoms with Crippen LogP contribution >= 0.6 is 27.3 Å². The third-order valence-electron chi connectivity index (χ3n) is 2.21. The van der Waals surface area contributed by atoms with Crippen LogP contribution in [0.3, 0.4) is 0 Å². The van der Waals surface area contributed by atoms with E-state index in [4.69, 9.17) is 10.3 Å². The van der Waals surface area contributed by atoms with Gasteiger partial charge in [0.2, 0.25) is 0 Å². The Balaban J connectivity index is 2.15. The standard InChI is InChI=1S/C10H11BrN2OS/c11-10-8(3-4-14-10)9(13-12)6-7-2-1-5-15-7/h1-5,9,13H,6,12H2. The average Bonchev–Trinajstić information content (AvgIpc) is 2.85. The second-order valence-corrected chi connectivity index (χ2v) is 4.90. The molecular formula is C10H11BrN2OS. The molecule has 0 aliphatic heterocycles. The molecule has 0 aliphatic carbocycles. The van der Waals surface area contributed by atoms with Crippen LogP contribution < -0.4 is 11.3 Å². The number of furan rings is 1. The minimum absolute atomic E-state index is 0.0803. The van der Waals surface area contributed by atoms with Crippen molar-refractivity contribution in [1.29, 1.82) is 0 Å². The Morgan fingerprint density at radius 1 is 1.53 bits per heavy atom. The van der Waals surface area contributed by atoms with Crippen LogP contribution in [0.5, 0.6) is 0 Å². The molecule has 0 aliphatic rings. The Morgan fingerprint density at radius 3 is 2.93 bits per heavy atom. The van der Waals surface area contributed by atoms with Gasteiger partial charge in [0, 0.05) is 16.9 Å². The molecule has 80 valence electrons. The van der Waals surface area contributed by atoms with E-state index in [1.165, 1.54) is 4.88 Å². The fourth-order valence-electron chi connectivity index (χ4n) is 1.44. The molecule has 1 atom stereocenters. The lowest BCUT2D eigenvalue weighted by Crippen LogP contribution is -2.29. The largest absolute Gasteiger partial charge is 0.457 e. The molecule has 0 aromatic carbocycles. The average molecular weight is 287 g/mol. The van der Waals surface area contributed by atoms with Crippen molar-refractivity contribution in [2.24, 2.45) is 5.84 Å². The lowest BCUT2D eigenvalue weighted by Gasteiger charge is -2.13. The lowest BCUT2D eigenvalue weighted by atomic mass is 10.1. The molecular weight excluding hydrogens is 276 g/mol. The number of hydrogen-bond acceptors (Lipinski definition) is 4. The Morgan fingerprint density at radius 2 is 2.40 bits per heavy atom. The second kappa shape index (κ2) is 4.94. The molecule has 15 heavy (non-hydrogen) atoms. The van der Waals surface area contributed by atoms with E-state index < -0.39 is 0 Å². The van der Waals surface area contributed by atoms with E-state index in [2.05, 4.69) is 32.8 Å². The molecule has 0 saturated carbocycles. The van der Waals surface area contributed by atoms with Crippen molar-refractivity contribution >= 4 is 27.3 Å². The van der Waals surface area contributed by atoms with Gasteiger partial charge < -0.3 is 4.42 Å². The highest BCUT2D eigenvalue weighted by atomic mass is 79.9. The van der Waals surface area contributed by atoms with Gasteiger partial charge in [-0.05, 0) is 33.4 Å². The summed E-state index contributed by atoms with van der Waals surface area (Å²) in [6, 6.07) is 6.14. The summed E-state index contributed by atoms with van der Waals surface area (Å²) in [7, 11) is 0. The summed E-state index contributed by atoms with van der Waals surface area (Å²) in [5.41, 5.74) is 3.85. The van der Waals surface area contributed by atoms with Gasteiger partial charge in [0.25, 0.3) is 0 Å². The fourth-order valence-corrected chi connectivity index (χ4v) is 2.71. The zero-order chi connectivity index (χ0) is 10.7. The van der Waals surface area contributed by atoms with Crippen molar-refractivity contribution < 1.29 is 4.42 Å². The maximum atomic E-state index is 5.54. The first-order valence-electron chi connectivity index (χ1n) is 4.52. The Hall–Kier alpha value is -0.620.